The first kappa shape index (κ1) is 12.7. The van der Waals surface area contributed by atoms with E-state index in [1.807, 2.05) is 13.2 Å². The Hall–Kier alpha value is -1.36. The van der Waals surface area contributed by atoms with Crippen molar-refractivity contribution >= 4 is 11.6 Å². The summed E-state index contributed by atoms with van der Waals surface area (Å²) in [7, 11) is 4.16. The van der Waals surface area contributed by atoms with Crippen molar-refractivity contribution in [3.05, 3.63) is 12.4 Å². The van der Waals surface area contributed by atoms with Crippen LogP contribution in [-0.2, 0) is 0 Å². The average Bonchev–Trinajstić information content (AvgIpc) is 2.47. The first-order valence-corrected chi connectivity index (χ1v) is 7.23. The van der Waals surface area contributed by atoms with Crippen LogP contribution in [0.25, 0.3) is 0 Å². The highest BCUT2D eigenvalue weighted by Gasteiger charge is 2.34. The van der Waals surface area contributed by atoms with Gasteiger partial charge in [0.15, 0.2) is 0 Å². The van der Waals surface area contributed by atoms with E-state index < -0.39 is 0 Å². The van der Waals surface area contributed by atoms with Gasteiger partial charge in [-0.05, 0) is 38.8 Å². The molecule has 2 unspecified atom stereocenters. The Morgan fingerprint density at radius 3 is 3.00 bits per heavy atom. The summed E-state index contributed by atoms with van der Waals surface area (Å²) in [6.45, 7) is 3.47. The van der Waals surface area contributed by atoms with E-state index in [0.29, 0.717) is 0 Å². The van der Waals surface area contributed by atoms with E-state index in [2.05, 4.69) is 32.1 Å². The molecule has 1 N–H and O–H groups in total. The first-order valence-electron chi connectivity index (χ1n) is 7.23. The topological polar surface area (TPSA) is 44.3 Å². The molecule has 0 bridgehead atoms. The molecule has 0 spiro atoms. The number of aromatic nitrogens is 2. The van der Waals surface area contributed by atoms with Gasteiger partial charge in [0.05, 0.1) is 12.4 Å². The fraction of sp³-hybridized carbons (Fsp3) is 0.714. The van der Waals surface area contributed by atoms with Crippen LogP contribution in [0, 0.1) is 5.92 Å². The predicted octanol–water partition coefficient (Wildman–Crippen LogP) is 1.44. The maximum absolute atomic E-state index is 4.61. The maximum Gasteiger partial charge on any atom is 0.149 e. The second kappa shape index (κ2) is 5.33. The summed E-state index contributed by atoms with van der Waals surface area (Å²) in [5, 5.41) is 3.06. The summed E-state index contributed by atoms with van der Waals surface area (Å²) in [6.07, 6.45) is 7.57. The molecule has 2 atom stereocenters. The molecule has 0 aliphatic carbocycles. The van der Waals surface area contributed by atoms with Crippen molar-refractivity contribution in [2.75, 3.05) is 43.9 Å². The molecule has 104 valence electrons. The molecule has 2 fully saturated rings. The molecule has 0 aromatic carbocycles. The van der Waals surface area contributed by atoms with E-state index in [9.17, 15) is 0 Å². The lowest BCUT2D eigenvalue weighted by Gasteiger charge is -2.46. The van der Waals surface area contributed by atoms with E-state index in [1.54, 1.807) is 6.20 Å². The van der Waals surface area contributed by atoms with E-state index in [0.717, 1.165) is 36.7 Å². The van der Waals surface area contributed by atoms with Gasteiger partial charge >= 0.3 is 0 Å². The number of hydrogen-bond acceptors (Lipinski definition) is 5. The van der Waals surface area contributed by atoms with Crippen LogP contribution in [0.3, 0.4) is 0 Å². The summed E-state index contributed by atoms with van der Waals surface area (Å²) in [5.74, 6) is 2.64. The highest BCUT2D eigenvalue weighted by atomic mass is 15.2. The normalized spacial score (nSPS) is 28.0. The minimum Gasteiger partial charge on any atom is -0.372 e. The van der Waals surface area contributed by atoms with Crippen molar-refractivity contribution in [1.29, 1.82) is 0 Å². The molecular weight excluding hydrogens is 238 g/mol. The van der Waals surface area contributed by atoms with Crippen molar-refractivity contribution < 1.29 is 0 Å². The lowest BCUT2D eigenvalue weighted by atomic mass is 9.84. The van der Waals surface area contributed by atoms with Crippen LogP contribution < -0.4 is 10.2 Å². The van der Waals surface area contributed by atoms with Crippen LogP contribution >= 0.6 is 0 Å². The molecule has 1 aromatic rings. The zero-order valence-electron chi connectivity index (χ0n) is 11.8. The van der Waals surface area contributed by atoms with E-state index in [-0.39, 0.29) is 0 Å². The monoisotopic (exact) mass is 261 g/mol. The minimum absolute atomic E-state index is 0.769. The third-order valence-electron chi connectivity index (χ3n) is 4.55. The number of fused-ring (bicyclic) bond motifs is 1. The Bertz CT molecular complexity index is 436. The first-order chi connectivity index (χ1) is 9.28. The Balaban J connectivity index is 1.73. The standard InChI is InChI=1S/C14H23N5/c1-15-13-8-16-9-14(17-13)19-7-5-12-11(10-19)4-3-6-18(12)2/h8-9,11-12H,3-7,10H2,1-2H3,(H,15,17). The van der Waals surface area contributed by atoms with Gasteiger partial charge in [-0.2, -0.15) is 0 Å². The van der Waals surface area contributed by atoms with Crippen LogP contribution in [0.2, 0.25) is 0 Å². The number of rotatable bonds is 2. The highest BCUT2D eigenvalue weighted by molar-refractivity contribution is 5.44. The largest absolute Gasteiger partial charge is 0.372 e. The van der Waals surface area contributed by atoms with Gasteiger partial charge in [-0.3, -0.25) is 4.98 Å². The van der Waals surface area contributed by atoms with Gasteiger partial charge in [0.1, 0.15) is 11.6 Å². The van der Waals surface area contributed by atoms with Crippen molar-refractivity contribution in [1.82, 2.24) is 14.9 Å². The fourth-order valence-corrected chi connectivity index (χ4v) is 3.49. The summed E-state index contributed by atoms with van der Waals surface area (Å²) in [4.78, 5) is 13.8. The SMILES string of the molecule is CNc1cncc(N2CCC3C(CCCN3C)C2)n1. The maximum atomic E-state index is 4.61. The minimum atomic E-state index is 0.769. The van der Waals surface area contributed by atoms with Crippen LogP contribution in [0.4, 0.5) is 11.6 Å². The molecule has 2 aliphatic rings. The highest BCUT2D eigenvalue weighted by Crippen LogP contribution is 2.31. The third kappa shape index (κ3) is 2.52. The van der Waals surface area contributed by atoms with E-state index in [4.69, 9.17) is 0 Å². The summed E-state index contributed by atoms with van der Waals surface area (Å²) in [6, 6.07) is 0.769. The molecule has 19 heavy (non-hydrogen) atoms. The van der Waals surface area contributed by atoms with Crippen LogP contribution in [0.5, 0.6) is 0 Å². The zero-order chi connectivity index (χ0) is 13.2. The van der Waals surface area contributed by atoms with Crippen molar-refractivity contribution in [2.24, 2.45) is 5.92 Å². The number of anilines is 2. The third-order valence-corrected chi connectivity index (χ3v) is 4.55. The molecule has 1 aromatic heterocycles. The molecule has 3 heterocycles. The van der Waals surface area contributed by atoms with Gasteiger partial charge in [-0.15, -0.1) is 0 Å². The van der Waals surface area contributed by atoms with Crippen LogP contribution in [-0.4, -0.2) is 54.6 Å². The number of nitrogens with zero attached hydrogens (tertiary/aromatic N) is 4. The van der Waals surface area contributed by atoms with E-state index in [1.165, 1.54) is 25.8 Å². The van der Waals surface area contributed by atoms with Gasteiger partial charge in [-0.25, -0.2) is 4.98 Å². The van der Waals surface area contributed by atoms with E-state index >= 15 is 0 Å². The van der Waals surface area contributed by atoms with Crippen LogP contribution in [0.15, 0.2) is 12.4 Å². The lowest BCUT2D eigenvalue weighted by Crippen LogP contribution is -2.52. The molecule has 3 rings (SSSR count). The molecule has 5 heteroatoms. The summed E-state index contributed by atoms with van der Waals surface area (Å²) in [5.41, 5.74) is 0. The summed E-state index contributed by atoms with van der Waals surface area (Å²) < 4.78 is 0. The molecule has 0 saturated carbocycles. The predicted molar refractivity (Wildman–Crippen MR) is 77.6 cm³/mol. The van der Waals surface area contributed by atoms with Gasteiger partial charge in [0.2, 0.25) is 0 Å². The molecule has 2 aliphatic heterocycles. The van der Waals surface area contributed by atoms with Crippen LogP contribution in [0.1, 0.15) is 19.3 Å². The number of hydrogen-bond donors (Lipinski definition) is 1. The second-order valence-electron chi connectivity index (χ2n) is 5.70. The van der Waals surface area contributed by atoms with Gasteiger partial charge in [0, 0.05) is 26.2 Å². The average molecular weight is 261 g/mol. The number of piperidine rings is 2. The Morgan fingerprint density at radius 2 is 2.16 bits per heavy atom. The Labute approximate surface area is 115 Å². The second-order valence-corrected chi connectivity index (χ2v) is 5.70. The Morgan fingerprint density at radius 1 is 1.26 bits per heavy atom. The quantitative estimate of drug-likeness (QED) is 0.872. The number of nitrogens with one attached hydrogen (secondary N) is 1. The molecule has 0 radical (unpaired) electrons. The van der Waals surface area contributed by atoms with Crippen molar-refractivity contribution in [3.63, 3.8) is 0 Å². The summed E-state index contributed by atoms with van der Waals surface area (Å²) >= 11 is 0. The van der Waals surface area contributed by atoms with Gasteiger partial charge in [0.25, 0.3) is 0 Å². The zero-order valence-corrected chi connectivity index (χ0v) is 11.8. The molecule has 5 nitrogen and oxygen atoms in total. The Kier molecular flexibility index (Phi) is 3.55. The lowest BCUT2D eigenvalue weighted by molar-refractivity contribution is 0.102. The van der Waals surface area contributed by atoms with Crippen molar-refractivity contribution in [3.8, 4) is 0 Å². The van der Waals surface area contributed by atoms with Gasteiger partial charge < -0.3 is 15.1 Å². The molecule has 2 saturated heterocycles. The van der Waals surface area contributed by atoms with Crippen molar-refractivity contribution in [2.45, 2.75) is 25.3 Å². The number of likely N-dealkylation sites (tertiary alicyclic amines) is 1. The van der Waals surface area contributed by atoms with Gasteiger partial charge in [-0.1, -0.05) is 0 Å². The smallest absolute Gasteiger partial charge is 0.149 e. The molecular formula is C14H23N5. The molecule has 0 amide bonds. The fourth-order valence-electron chi connectivity index (χ4n) is 3.49.